The maximum atomic E-state index is 6.83. The van der Waals surface area contributed by atoms with Crippen LogP contribution in [0.5, 0.6) is 11.5 Å². The molecule has 0 amide bonds. The summed E-state index contributed by atoms with van der Waals surface area (Å²) in [5, 5.41) is 0. The van der Waals surface area contributed by atoms with E-state index in [2.05, 4.69) is 26.8 Å². The molecule has 5 heteroatoms. The maximum Gasteiger partial charge on any atom is 0.231 e. The van der Waals surface area contributed by atoms with Gasteiger partial charge in [0.05, 0.1) is 6.54 Å². The number of ether oxygens (including phenoxy) is 2. The summed E-state index contributed by atoms with van der Waals surface area (Å²) in [5.41, 5.74) is 1.19. The third-order valence-corrected chi connectivity index (χ3v) is 3.62. The standard InChI is InChI=1S/C14H17N3O2/c1-15-4-5-16-6-8-17(9-7-16)12-2-3-13-14(10-12)19-11-18-13/h2-3,10H,4-9,11H2. The van der Waals surface area contributed by atoms with Gasteiger partial charge in [0.1, 0.15) is 0 Å². The zero-order chi connectivity index (χ0) is 13.1. The zero-order valence-electron chi connectivity index (χ0n) is 10.8. The van der Waals surface area contributed by atoms with Gasteiger partial charge in [-0.3, -0.25) is 4.90 Å². The summed E-state index contributed by atoms with van der Waals surface area (Å²) in [4.78, 5) is 8.12. The quantitative estimate of drug-likeness (QED) is 0.769. The van der Waals surface area contributed by atoms with Crippen molar-refractivity contribution in [2.45, 2.75) is 0 Å². The second-order valence-electron chi connectivity index (χ2n) is 4.75. The summed E-state index contributed by atoms with van der Waals surface area (Å²) >= 11 is 0. The molecule has 1 aromatic rings. The fraction of sp³-hybridized carbons (Fsp3) is 0.500. The van der Waals surface area contributed by atoms with Gasteiger partial charge >= 0.3 is 0 Å². The molecule has 5 nitrogen and oxygen atoms in total. The van der Waals surface area contributed by atoms with Gasteiger partial charge in [-0.15, -0.1) is 0 Å². The molecule has 2 aliphatic rings. The first-order chi connectivity index (χ1) is 9.36. The molecule has 1 aromatic carbocycles. The molecule has 100 valence electrons. The monoisotopic (exact) mass is 259 g/mol. The average Bonchev–Trinajstić information content (AvgIpc) is 2.93. The van der Waals surface area contributed by atoms with E-state index in [4.69, 9.17) is 16.0 Å². The summed E-state index contributed by atoms with van der Waals surface area (Å²) in [6, 6.07) is 6.11. The van der Waals surface area contributed by atoms with Gasteiger partial charge in [0.15, 0.2) is 11.5 Å². The van der Waals surface area contributed by atoms with Gasteiger partial charge < -0.3 is 19.2 Å². The van der Waals surface area contributed by atoms with Crippen molar-refractivity contribution < 1.29 is 9.47 Å². The highest BCUT2D eigenvalue weighted by Crippen LogP contribution is 2.35. The van der Waals surface area contributed by atoms with Crippen LogP contribution in [0.1, 0.15) is 0 Å². The Labute approximate surface area is 113 Å². The first-order valence-corrected chi connectivity index (χ1v) is 6.57. The number of anilines is 1. The molecule has 2 aliphatic heterocycles. The summed E-state index contributed by atoms with van der Waals surface area (Å²) < 4.78 is 10.7. The van der Waals surface area contributed by atoms with Crippen LogP contribution in [0.25, 0.3) is 4.85 Å². The number of hydrogen-bond acceptors (Lipinski definition) is 4. The Morgan fingerprint density at radius 3 is 2.68 bits per heavy atom. The van der Waals surface area contributed by atoms with Crippen molar-refractivity contribution in [2.75, 3.05) is 51.0 Å². The van der Waals surface area contributed by atoms with E-state index in [1.807, 2.05) is 6.07 Å². The molecule has 1 saturated heterocycles. The Bertz CT molecular complexity index is 490. The topological polar surface area (TPSA) is 29.3 Å². The maximum absolute atomic E-state index is 6.83. The lowest BCUT2D eigenvalue weighted by Crippen LogP contribution is -2.47. The average molecular weight is 259 g/mol. The van der Waals surface area contributed by atoms with Gasteiger partial charge in [-0.1, -0.05) is 0 Å². The van der Waals surface area contributed by atoms with E-state index in [1.54, 1.807) is 0 Å². The van der Waals surface area contributed by atoms with Crippen LogP contribution in [0.3, 0.4) is 0 Å². The lowest BCUT2D eigenvalue weighted by atomic mass is 10.2. The van der Waals surface area contributed by atoms with Crippen molar-refractivity contribution in [1.29, 1.82) is 0 Å². The second-order valence-corrected chi connectivity index (χ2v) is 4.75. The SMILES string of the molecule is [C-]#[N+]CCN1CCN(c2ccc3c(c2)OCO3)CC1. The molecule has 0 unspecified atom stereocenters. The molecule has 0 aliphatic carbocycles. The molecule has 1 fully saturated rings. The van der Waals surface area contributed by atoms with Gasteiger partial charge in [-0.25, -0.2) is 6.57 Å². The molecule has 0 spiro atoms. The van der Waals surface area contributed by atoms with Gasteiger partial charge in [0, 0.05) is 37.9 Å². The Morgan fingerprint density at radius 2 is 1.89 bits per heavy atom. The zero-order valence-corrected chi connectivity index (χ0v) is 10.8. The Hall–Kier alpha value is -1.93. The molecular formula is C14H17N3O2. The van der Waals surface area contributed by atoms with Gasteiger partial charge in [0.2, 0.25) is 13.3 Å². The molecule has 0 bridgehead atoms. The van der Waals surface area contributed by atoms with Gasteiger partial charge in [-0.2, -0.15) is 0 Å². The molecular weight excluding hydrogens is 242 g/mol. The highest BCUT2D eigenvalue weighted by molar-refractivity contribution is 5.57. The lowest BCUT2D eigenvalue weighted by Gasteiger charge is -2.35. The molecule has 3 rings (SSSR count). The van der Waals surface area contributed by atoms with Crippen molar-refractivity contribution in [3.8, 4) is 11.5 Å². The third kappa shape index (κ3) is 2.59. The smallest absolute Gasteiger partial charge is 0.231 e. The molecule has 0 saturated carbocycles. The number of benzene rings is 1. The van der Waals surface area contributed by atoms with Crippen molar-refractivity contribution in [3.05, 3.63) is 29.6 Å². The van der Waals surface area contributed by atoms with E-state index in [0.29, 0.717) is 13.3 Å². The van der Waals surface area contributed by atoms with Gasteiger partial charge in [-0.05, 0) is 12.1 Å². The Morgan fingerprint density at radius 1 is 1.11 bits per heavy atom. The highest BCUT2D eigenvalue weighted by atomic mass is 16.7. The van der Waals surface area contributed by atoms with Crippen LogP contribution in [0, 0.1) is 6.57 Å². The van der Waals surface area contributed by atoms with Crippen LogP contribution >= 0.6 is 0 Å². The van der Waals surface area contributed by atoms with Crippen molar-refractivity contribution in [2.24, 2.45) is 0 Å². The Kier molecular flexibility index (Phi) is 3.43. The number of hydrogen-bond donors (Lipinski definition) is 0. The van der Waals surface area contributed by atoms with Crippen molar-refractivity contribution in [1.82, 2.24) is 4.90 Å². The minimum absolute atomic E-state index is 0.323. The van der Waals surface area contributed by atoms with Crippen LogP contribution in [0.15, 0.2) is 18.2 Å². The van der Waals surface area contributed by atoms with E-state index in [0.717, 1.165) is 44.2 Å². The molecule has 0 radical (unpaired) electrons. The summed E-state index contributed by atoms with van der Waals surface area (Å²) in [7, 11) is 0. The van der Waals surface area contributed by atoms with Crippen LogP contribution in [-0.2, 0) is 0 Å². The first kappa shape index (κ1) is 12.1. The number of nitrogens with zero attached hydrogens (tertiary/aromatic N) is 3. The molecule has 2 heterocycles. The third-order valence-electron chi connectivity index (χ3n) is 3.62. The molecule has 0 atom stereocenters. The highest BCUT2D eigenvalue weighted by Gasteiger charge is 2.20. The summed E-state index contributed by atoms with van der Waals surface area (Å²) in [6.45, 7) is 12.7. The van der Waals surface area contributed by atoms with E-state index < -0.39 is 0 Å². The predicted molar refractivity (Wildman–Crippen MR) is 72.7 cm³/mol. The molecule has 0 aromatic heterocycles. The van der Waals surface area contributed by atoms with E-state index in [-0.39, 0.29) is 0 Å². The predicted octanol–water partition coefficient (Wildman–Crippen LogP) is 1.46. The second kappa shape index (κ2) is 5.37. The fourth-order valence-corrected chi connectivity index (χ4v) is 2.50. The van der Waals surface area contributed by atoms with Crippen LogP contribution < -0.4 is 14.4 Å². The molecule has 19 heavy (non-hydrogen) atoms. The van der Waals surface area contributed by atoms with Crippen LogP contribution in [0.2, 0.25) is 0 Å². The van der Waals surface area contributed by atoms with E-state index in [1.165, 1.54) is 5.69 Å². The number of fused-ring (bicyclic) bond motifs is 1. The van der Waals surface area contributed by atoms with Crippen LogP contribution in [-0.4, -0.2) is 51.0 Å². The van der Waals surface area contributed by atoms with E-state index in [9.17, 15) is 0 Å². The van der Waals surface area contributed by atoms with Crippen molar-refractivity contribution in [3.63, 3.8) is 0 Å². The van der Waals surface area contributed by atoms with Crippen LogP contribution in [0.4, 0.5) is 5.69 Å². The fourth-order valence-electron chi connectivity index (χ4n) is 2.50. The largest absolute Gasteiger partial charge is 0.454 e. The van der Waals surface area contributed by atoms with E-state index >= 15 is 0 Å². The number of rotatable bonds is 3. The molecule has 0 N–H and O–H groups in total. The van der Waals surface area contributed by atoms with Gasteiger partial charge in [0.25, 0.3) is 0 Å². The lowest BCUT2D eigenvalue weighted by molar-refractivity contribution is 0.174. The van der Waals surface area contributed by atoms with Crippen molar-refractivity contribution >= 4 is 5.69 Å². The Balaban J connectivity index is 1.61. The minimum atomic E-state index is 0.323. The number of piperazine rings is 1. The normalized spacial score (nSPS) is 18.4. The summed E-state index contributed by atoms with van der Waals surface area (Å²) in [5.74, 6) is 1.67. The first-order valence-electron chi connectivity index (χ1n) is 6.57. The minimum Gasteiger partial charge on any atom is -0.454 e. The summed E-state index contributed by atoms with van der Waals surface area (Å²) in [6.07, 6.45) is 0.